The normalized spacial score (nSPS) is 22.4. The minimum atomic E-state index is -0.939. The Labute approximate surface area is 385 Å². The number of ether oxygens (including phenoxy) is 10. The molecule has 0 N–H and O–H groups in total. The largest absolute Gasteiger partial charge is 0.465 e. The highest BCUT2D eigenvalue weighted by atomic mass is 16.9. The van der Waals surface area contributed by atoms with Crippen molar-refractivity contribution in [3.05, 3.63) is 35.4 Å². The number of esters is 2. The van der Waals surface area contributed by atoms with Crippen LogP contribution < -0.4 is 0 Å². The Kier molecular flexibility index (Phi) is 21.8. The van der Waals surface area contributed by atoms with E-state index in [9.17, 15) is 19.2 Å². The summed E-state index contributed by atoms with van der Waals surface area (Å²) in [6.07, 6.45) is -0.418. The molecule has 0 bridgehead atoms. The van der Waals surface area contributed by atoms with E-state index in [4.69, 9.17) is 52.2 Å². The minimum Gasteiger partial charge on any atom is -0.465 e. The van der Waals surface area contributed by atoms with Crippen molar-refractivity contribution in [3.8, 4) is 0 Å². The van der Waals surface area contributed by atoms with Crippen molar-refractivity contribution in [2.24, 2.45) is 0 Å². The maximum Gasteiger partial charge on any atom is 0.444 e. The van der Waals surface area contributed by atoms with Crippen molar-refractivity contribution in [2.75, 3.05) is 72.2 Å². The number of benzene rings is 1. The SMILES string of the molecule is CCOC(=O)CN(CCN(CCN(CC1OC(C)O1)CC1OC(C)O1)C(CCCc1ccc(CCCON(C(=O)OC(C)(C)C)C(=O)OC(C)(C)C)cc1)C1OC(C)O1)CC(=O)OCC. The lowest BCUT2D eigenvalue weighted by atomic mass is 10.0. The molecular weight excluding hydrogens is 849 g/mol. The van der Waals surface area contributed by atoms with Crippen LogP contribution in [0.3, 0.4) is 0 Å². The molecule has 19 nitrogen and oxygen atoms in total. The molecule has 3 aliphatic rings. The highest BCUT2D eigenvalue weighted by Crippen LogP contribution is 2.27. The van der Waals surface area contributed by atoms with E-state index in [1.165, 1.54) is 0 Å². The number of nitrogens with zero attached hydrogens (tertiary/aromatic N) is 4. The number of rotatable bonds is 27. The highest BCUT2D eigenvalue weighted by Gasteiger charge is 2.39. The van der Waals surface area contributed by atoms with E-state index in [-0.39, 0.29) is 70.4 Å². The lowest BCUT2D eigenvalue weighted by Crippen LogP contribution is -2.58. The van der Waals surface area contributed by atoms with Crippen molar-refractivity contribution >= 4 is 24.1 Å². The molecule has 1 aromatic rings. The Morgan fingerprint density at radius 3 is 1.46 bits per heavy atom. The van der Waals surface area contributed by atoms with Crippen molar-refractivity contribution in [3.63, 3.8) is 0 Å². The molecule has 19 heteroatoms. The highest BCUT2D eigenvalue weighted by molar-refractivity contribution is 5.86. The number of hydrogen-bond acceptors (Lipinski definition) is 18. The van der Waals surface area contributed by atoms with Crippen LogP contribution in [0.1, 0.15) is 107 Å². The van der Waals surface area contributed by atoms with Gasteiger partial charge in [0.15, 0.2) is 37.7 Å². The molecule has 0 radical (unpaired) electrons. The third-order valence-electron chi connectivity index (χ3n) is 10.3. The predicted molar refractivity (Wildman–Crippen MR) is 236 cm³/mol. The van der Waals surface area contributed by atoms with Crippen LogP contribution in [-0.2, 0) is 74.6 Å². The van der Waals surface area contributed by atoms with Crippen LogP contribution in [0.2, 0.25) is 0 Å². The molecule has 2 amide bonds. The van der Waals surface area contributed by atoms with Crippen molar-refractivity contribution in [2.45, 2.75) is 163 Å². The van der Waals surface area contributed by atoms with Gasteiger partial charge < -0.3 is 47.4 Å². The second-order valence-electron chi connectivity index (χ2n) is 18.3. The number of carbonyl (C=O) groups excluding carboxylic acids is 4. The lowest BCUT2D eigenvalue weighted by Gasteiger charge is -2.45. The summed E-state index contributed by atoms with van der Waals surface area (Å²) < 4.78 is 56.7. The zero-order valence-electron chi connectivity index (χ0n) is 40.6. The van der Waals surface area contributed by atoms with E-state index in [0.29, 0.717) is 57.2 Å². The van der Waals surface area contributed by atoms with Crippen molar-refractivity contribution in [1.82, 2.24) is 19.8 Å². The first-order valence-corrected chi connectivity index (χ1v) is 23.1. The van der Waals surface area contributed by atoms with Crippen LogP contribution in [0.4, 0.5) is 9.59 Å². The average molecular weight is 925 g/mol. The molecule has 3 heterocycles. The summed E-state index contributed by atoms with van der Waals surface area (Å²) in [4.78, 5) is 62.7. The summed E-state index contributed by atoms with van der Waals surface area (Å²) in [7, 11) is 0. The fourth-order valence-electron chi connectivity index (χ4n) is 7.37. The van der Waals surface area contributed by atoms with Gasteiger partial charge in [-0.3, -0.25) is 29.1 Å². The van der Waals surface area contributed by atoms with E-state index in [1.54, 1.807) is 60.3 Å². The van der Waals surface area contributed by atoms with Crippen molar-refractivity contribution in [1.29, 1.82) is 0 Å². The van der Waals surface area contributed by atoms with Gasteiger partial charge in [0.2, 0.25) is 0 Å². The second kappa shape index (κ2) is 26.2. The maximum absolute atomic E-state index is 12.8. The van der Waals surface area contributed by atoms with Gasteiger partial charge in [0, 0.05) is 26.2 Å². The van der Waals surface area contributed by atoms with Crippen LogP contribution in [0, 0.1) is 0 Å². The van der Waals surface area contributed by atoms with E-state index >= 15 is 0 Å². The van der Waals surface area contributed by atoms with Crippen LogP contribution in [0.15, 0.2) is 24.3 Å². The van der Waals surface area contributed by atoms with E-state index in [2.05, 4.69) is 34.1 Å². The zero-order chi connectivity index (χ0) is 47.7. The smallest absolute Gasteiger partial charge is 0.444 e. The molecule has 3 aliphatic heterocycles. The number of carbonyl (C=O) groups is 4. The monoisotopic (exact) mass is 925 g/mol. The van der Waals surface area contributed by atoms with Crippen LogP contribution >= 0.6 is 0 Å². The van der Waals surface area contributed by atoms with Gasteiger partial charge in [-0.05, 0) is 119 Å². The number of imide groups is 1. The topological polar surface area (TPSA) is 183 Å². The lowest BCUT2D eigenvalue weighted by molar-refractivity contribution is -0.394. The molecular formula is C46H76N4O15. The van der Waals surface area contributed by atoms with Gasteiger partial charge in [-0.1, -0.05) is 29.3 Å². The number of aryl methyl sites for hydroxylation is 2. The van der Waals surface area contributed by atoms with Gasteiger partial charge >= 0.3 is 24.1 Å². The number of hydrogen-bond donors (Lipinski definition) is 0. The molecule has 1 atom stereocenters. The fraction of sp³-hybridized carbons (Fsp3) is 0.783. The Hall–Kier alpha value is -3.50. The van der Waals surface area contributed by atoms with Crippen LogP contribution in [0.25, 0.3) is 0 Å². The fourth-order valence-corrected chi connectivity index (χ4v) is 7.37. The summed E-state index contributed by atoms with van der Waals surface area (Å²) in [6, 6.07) is 8.19. The Morgan fingerprint density at radius 2 is 1.05 bits per heavy atom. The second-order valence-corrected chi connectivity index (χ2v) is 18.3. The molecule has 4 rings (SSSR count). The summed E-state index contributed by atoms with van der Waals surface area (Å²) >= 11 is 0. The van der Waals surface area contributed by atoms with Gasteiger partial charge in [0.25, 0.3) is 0 Å². The molecule has 0 aromatic heterocycles. The van der Waals surface area contributed by atoms with Crippen molar-refractivity contribution < 1.29 is 71.4 Å². The first-order chi connectivity index (χ1) is 30.7. The molecule has 370 valence electrons. The first-order valence-electron chi connectivity index (χ1n) is 23.1. The third kappa shape index (κ3) is 20.1. The molecule has 1 unspecified atom stereocenters. The summed E-state index contributed by atoms with van der Waals surface area (Å²) in [5, 5.41) is 0.548. The Balaban J connectivity index is 1.41. The Morgan fingerprint density at radius 1 is 0.615 bits per heavy atom. The quantitative estimate of drug-likeness (QED) is 0.0459. The van der Waals surface area contributed by atoms with Gasteiger partial charge in [-0.25, -0.2) is 9.59 Å². The summed E-state index contributed by atoms with van der Waals surface area (Å²) in [5.41, 5.74) is 0.573. The van der Waals surface area contributed by atoms with E-state index in [0.717, 1.165) is 30.4 Å². The molecule has 1 aromatic carbocycles. The first kappa shape index (κ1) is 54.1. The third-order valence-corrected chi connectivity index (χ3v) is 10.3. The molecule has 3 saturated heterocycles. The summed E-state index contributed by atoms with van der Waals surface area (Å²) in [6.45, 7) is 22.8. The summed E-state index contributed by atoms with van der Waals surface area (Å²) in [5.74, 6) is -0.838. The predicted octanol–water partition coefficient (Wildman–Crippen LogP) is 5.60. The molecule has 0 saturated carbocycles. The average Bonchev–Trinajstić information content (AvgIpc) is 3.16. The molecule has 0 aliphatic carbocycles. The van der Waals surface area contributed by atoms with Gasteiger partial charge in [0.1, 0.15) is 11.2 Å². The van der Waals surface area contributed by atoms with Gasteiger partial charge in [-0.15, -0.1) is 0 Å². The van der Waals surface area contributed by atoms with Gasteiger partial charge in [-0.2, -0.15) is 0 Å². The number of hydroxylamine groups is 2. The van der Waals surface area contributed by atoms with E-state index < -0.39 is 41.6 Å². The number of amides is 2. The molecule has 3 fully saturated rings. The molecule has 0 spiro atoms. The van der Waals surface area contributed by atoms with Crippen LogP contribution in [0.5, 0.6) is 0 Å². The molecule has 65 heavy (non-hydrogen) atoms. The van der Waals surface area contributed by atoms with Gasteiger partial charge in [0.05, 0.1) is 52.0 Å². The standard InChI is InChI=1S/C46H76N4O15/c1-12-55-38(51)28-47(29-39(52)56-13-2)23-25-49(26-24-48(30-40-58-32(3)59-40)31-41-60-33(4)61-41)37(42-62-34(5)63-42)18-14-16-35-19-21-36(22-20-35)17-15-27-57-50(43(53)64-45(6,7)8)44(54)65-46(9,10)11/h19-22,32-34,37,40-42H,12-18,23-31H2,1-11H3. The van der Waals surface area contributed by atoms with E-state index in [1.807, 2.05) is 20.8 Å². The maximum atomic E-state index is 12.8. The Bertz CT molecular complexity index is 1540. The van der Waals surface area contributed by atoms with Crippen LogP contribution in [-0.4, -0.2) is 171 Å². The zero-order valence-corrected chi connectivity index (χ0v) is 40.6. The minimum absolute atomic E-state index is 0.0620.